The lowest BCUT2D eigenvalue weighted by Gasteiger charge is -2.34. The van der Waals surface area contributed by atoms with Gasteiger partial charge in [-0.15, -0.1) is 12.4 Å². The van der Waals surface area contributed by atoms with Gasteiger partial charge in [-0.3, -0.25) is 4.79 Å². The molecule has 0 aliphatic carbocycles. The first-order valence-corrected chi connectivity index (χ1v) is 6.72. The number of rotatable bonds is 3. The molecule has 1 fully saturated rings. The lowest BCUT2D eigenvalue weighted by Crippen LogP contribution is -2.51. The van der Waals surface area contributed by atoms with Crippen LogP contribution < -0.4 is 10.6 Å². The number of nitrogens with one attached hydrogen (secondary N) is 2. The van der Waals surface area contributed by atoms with E-state index in [0.717, 1.165) is 18.8 Å². The van der Waals surface area contributed by atoms with Crippen LogP contribution in [0, 0.1) is 13.8 Å². The van der Waals surface area contributed by atoms with Gasteiger partial charge in [0.2, 0.25) is 0 Å². The van der Waals surface area contributed by atoms with Crippen LogP contribution in [-0.2, 0) is 9.53 Å². The molecule has 1 saturated heterocycles. The van der Waals surface area contributed by atoms with Crippen molar-refractivity contribution in [1.29, 1.82) is 0 Å². The fraction of sp³-hybridized carbons (Fsp3) is 0.533. The van der Waals surface area contributed by atoms with Crippen LogP contribution in [-0.4, -0.2) is 31.7 Å². The molecule has 112 valence electrons. The van der Waals surface area contributed by atoms with Crippen LogP contribution >= 0.6 is 12.4 Å². The lowest BCUT2D eigenvalue weighted by atomic mass is 9.91. The summed E-state index contributed by atoms with van der Waals surface area (Å²) in [7, 11) is 1.62. The largest absolute Gasteiger partial charge is 0.368 e. The summed E-state index contributed by atoms with van der Waals surface area (Å²) < 4.78 is 5.51. The van der Waals surface area contributed by atoms with Crippen LogP contribution in [0.25, 0.3) is 0 Å². The molecule has 4 nitrogen and oxygen atoms in total. The molecule has 0 bridgehead atoms. The molecule has 0 atom stereocenters. The Kier molecular flexibility index (Phi) is 5.99. The highest BCUT2D eigenvalue weighted by molar-refractivity contribution is 5.97. The number of benzene rings is 1. The van der Waals surface area contributed by atoms with Crippen molar-refractivity contribution in [3.05, 3.63) is 29.3 Å². The van der Waals surface area contributed by atoms with E-state index in [9.17, 15) is 4.79 Å². The Hall–Kier alpha value is -1.10. The number of methoxy groups -OCH3 is 1. The topological polar surface area (TPSA) is 50.4 Å². The molecule has 2 rings (SSSR count). The molecule has 5 heteroatoms. The highest BCUT2D eigenvalue weighted by Gasteiger charge is 2.39. The van der Waals surface area contributed by atoms with E-state index in [1.807, 2.05) is 25.1 Å². The summed E-state index contributed by atoms with van der Waals surface area (Å²) in [5, 5.41) is 6.23. The lowest BCUT2D eigenvalue weighted by molar-refractivity contribution is -0.140. The molecule has 1 aromatic rings. The fourth-order valence-electron chi connectivity index (χ4n) is 2.42. The monoisotopic (exact) mass is 298 g/mol. The fourth-order valence-corrected chi connectivity index (χ4v) is 2.42. The molecule has 1 heterocycles. The van der Waals surface area contributed by atoms with E-state index in [-0.39, 0.29) is 18.3 Å². The molecular weight excluding hydrogens is 276 g/mol. The van der Waals surface area contributed by atoms with Gasteiger partial charge in [0.15, 0.2) is 0 Å². The molecule has 0 saturated carbocycles. The number of piperidine rings is 1. The second kappa shape index (κ2) is 7.07. The summed E-state index contributed by atoms with van der Waals surface area (Å²) in [5.74, 6) is -0.0419. The maximum atomic E-state index is 12.5. The van der Waals surface area contributed by atoms with Crippen molar-refractivity contribution in [2.24, 2.45) is 0 Å². The Morgan fingerprint density at radius 2 is 1.90 bits per heavy atom. The zero-order valence-electron chi connectivity index (χ0n) is 12.3. The quantitative estimate of drug-likeness (QED) is 0.901. The third kappa shape index (κ3) is 3.51. The van der Waals surface area contributed by atoms with Gasteiger partial charge in [-0.05, 0) is 63.0 Å². The van der Waals surface area contributed by atoms with Crippen molar-refractivity contribution in [2.75, 3.05) is 25.5 Å². The van der Waals surface area contributed by atoms with E-state index in [4.69, 9.17) is 4.74 Å². The van der Waals surface area contributed by atoms with Crippen molar-refractivity contribution in [2.45, 2.75) is 32.3 Å². The summed E-state index contributed by atoms with van der Waals surface area (Å²) in [6.07, 6.45) is 1.42. The predicted molar refractivity (Wildman–Crippen MR) is 83.6 cm³/mol. The van der Waals surface area contributed by atoms with Crippen molar-refractivity contribution in [3.8, 4) is 0 Å². The number of carbonyl (C=O) groups is 1. The second-order valence-corrected chi connectivity index (χ2v) is 5.20. The highest BCUT2D eigenvalue weighted by atomic mass is 35.5. The SMILES string of the molecule is COC1(C(=O)Nc2ccc(C)c(C)c2)CCNCC1.Cl. The zero-order valence-corrected chi connectivity index (χ0v) is 13.1. The Morgan fingerprint density at radius 3 is 2.45 bits per heavy atom. The number of halogens is 1. The molecule has 1 aliphatic heterocycles. The third-order valence-corrected chi connectivity index (χ3v) is 3.98. The van der Waals surface area contributed by atoms with Crippen LogP contribution in [0.15, 0.2) is 18.2 Å². The van der Waals surface area contributed by atoms with Crippen LogP contribution in [0.5, 0.6) is 0 Å². The van der Waals surface area contributed by atoms with E-state index in [0.29, 0.717) is 12.8 Å². The molecule has 0 aromatic heterocycles. The molecule has 20 heavy (non-hydrogen) atoms. The van der Waals surface area contributed by atoms with Gasteiger partial charge in [0, 0.05) is 12.8 Å². The van der Waals surface area contributed by atoms with Gasteiger partial charge in [-0.1, -0.05) is 6.07 Å². The van der Waals surface area contributed by atoms with Crippen molar-refractivity contribution < 1.29 is 9.53 Å². The Labute approximate surface area is 126 Å². The van der Waals surface area contributed by atoms with Gasteiger partial charge < -0.3 is 15.4 Å². The number of aryl methyl sites for hydroxylation is 2. The van der Waals surface area contributed by atoms with E-state index < -0.39 is 5.60 Å². The Balaban J connectivity index is 0.00000200. The summed E-state index contributed by atoms with van der Waals surface area (Å²) in [5.41, 5.74) is 2.54. The molecular formula is C15H23ClN2O2. The normalized spacial score (nSPS) is 17.1. The first kappa shape index (κ1) is 17.0. The van der Waals surface area contributed by atoms with Crippen LogP contribution in [0.1, 0.15) is 24.0 Å². The van der Waals surface area contributed by atoms with Gasteiger partial charge in [0.05, 0.1) is 0 Å². The number of ether oxygens (including phenoxy) is 1. The molecule has 0 spiro atoms. The maximum absolute atomic E-state index is 12.5. The minimum Gasteiger partial charge on any atom is -0.368 e. The zero-order chi connectivity index (χ0) is 13.9. The Morgan fingerprint density at radius 1 is 1.25 bits per heavy atom. The minimum atomic E-state index is -0.690. The standard InChI is InChI=1S/C15H22N2O2.ClH/c1-11-4-5-13(10-12(11)2)17-14(18)15(19-3)6-8-16-9-7-15;/h4-5,10,16H,6-9H2,1-3H3,(H,17,18);1H. The first-order chi connectivity index (χ1) is 9.07. The number of hydrogen-bond donors (Lipinski definition) is 2. The summed E-state index contributed by atoms with van der Waals surface area (Å²) in [6.45, 7) is 5.73. The molecule has 1 aliphatic rings. The number of amides is 1. The van der Waals surface area contributed by atoms with E-state index in [1.54, 1.807) is 7.11 Å². The van der Waals surface area contributed by atoms with E-state index >= 15 is 0 Å². The van der Waals surface area contributed by atoms with Crippen molar-refractivity contribution >= 4 is 24.0 Å². The molecule has 1 amide bonds. The van der Waals surface area contributed by atoms with Gasteiger partial charge in [0.1, 0.15) is 5.60 Å². The van der Waals surface area contributed by atoms with Gasteiger partial charge >= 0.3 is 0 Å². The number of anilines is 1. The molecule has 1 aromatic carbocycles. The molecule has 0 unspecified atom stereocenters. The van der Waals surface area contributed by atoms with Crippen molar-refractivity contribution in [3.63, 3.8) is 0 Å². The average molecular weight is 299 g/mol. The summed E-state index contributed by atoms with van der Waals surface area (Å²) in [4.78, 5) is 12.5. The number of carbonyl (C=O) groups excluding carboxylic acids is 1. The number of hydrogen-bond acceptors (Lipinski definition) is 3. The van der Waals surface area contributed by atoms with Gasteiger partial charge in [-0.25, -0.2) is 0 Å². The van der Waals surface area contributed by atoms with Crippen LogP contribution in [0.2, 0.25) is 0 Å². The maximum Gasteiger partial charge on any atom is 0.256 e. The van der Waals surface area contributed by atoms with Crippen molar-refractivity contribution in [1.82, 2.24) is 5.32 Å². The van der Waals surface area contributed by atoms with E-state index in [1.165, 1.54) is 11.1 Å². The van der Waals surface area contributed by atoms with Gasteiger partial charge in [0.25, 0.3) is 5.91 Å². The summed E-state index contributed by atoms with van der Waals surface area (Å²) >= 11 is 0. The first-order valence-electron chi connectivity index (χ1n) is 6.72. The smallest absolute Gasteiger partial charge is 0.256 e. The van der Waals surface area contributed by atoms with Crippen LogP contribution in [0.4, 0.5) is 5.69 Å². The van der Waals surface area contributed by atoms with Crippen LogP contribution in [0.3, 0.4) is 0 Å². The third-order valence-electron chi connectivity index (χ3n) is 3.98. The minimum absolute atomic E-state index is 0. The summed E-state index contributed by atoms with van der Waals surface area (Å²) in [6, 6.07) is 5.95. The average Bonchev–Trinajstić information content (AvgIpc) is 2.43. The highest BCUT2D eigenvalue weighted by Crippen LogP contribution is 2.25. The molecule has 2 N–H and O–H groups in total. The molecule has 0 radical (unpaired) electrons. The van der Waals surface area contributed by atoms with Gasteiger partial charge in [-0.2, -0.15) is 0 Å². The van der Waals surface area contributed by atoms with E-state index in [2.05, 4.69) is 17.6 Å². The second-order valence-electron chi connectivity index (χ2n) is 5.20. The predicted octanol–water partition coefficient (Wildman–Crippen LogP) is 2.43. The Bertz CT molecular complexity index is 471.